The smallest absolute Gasteiger partial charge is 0.241 e. The minimum Gasteiger partial charge on any atom is -0.497 e. The number of imide groups is 1. The van der Waals surface area contributed by atoms with E-state index in [2.05, 4.69) is 4.98 Å². The lowest BCUT2D eigenvalue weighted by Gasteiger charge is -2.38. The first-order chi connectivity index (χ1) is 16.0. The van der Waals surface area contributed by atoms with Gasteiger partial charge in [0.25, 0.3) is 0 Å². The normalized spacial score (nSPS) is 25.4. The number of hydrogen-bond donors (Lipinski definition) is 0. The van der Waals surface area contributed by atoms with E-state index in [4.69, 9.17) is 4.74 Å². The fourth-order valence-electron chi connectivity index (χ4n) is 5.31. The molecule has 0 N–H and O–H groups in total. The maximum atomic E-state index is 13.8. The third-order valence-corrected chi connectivity index (χ3v) is 7.21. The van der Waals surface area contributed by atoms with Gasteiger partial charge in [0.2, 0.25) is 17.7 Å². The van der Waals surface area contributed by atoms with Gasteiger partial charge in [0, 0.05) is 31.6 Å². The number of piperidine rings is 1. The number of likely N-dealkylation sites (tertiary alicyclic amines) is 2. The number of aromatic nitrogens is 1. The molecule has 0 unspecified atom stereocenters. The van der Waals surface area contributed by atoms with Gasteiger partial charge in [-0.25, -0.2) is 0 Å². The second-order valence-electron chi connectivity index (χ2n) is 9.32. The molecule has 0 radical (unpaired) electrons. The molecule has 0 bridgehead atoms. The van der Waals surface area contributed by atoms with Crippen molar-refractivity contribution in [2.45, 2.75) is 62.4 Å². The lowest BCUT2D eigenvalue weighted by atomic mass is 9.75. The average Bonchev–Trinajstić information content (AvgIpc) is 3.65. The van der Waals surface area contributed by atoms with Crippen LogP contribution in [0.5, 0.6) is 5.75 Å². The molecule has 3 aliphatic rings. The highest BCUT2D eigenvalue weighted by molar-refractivity contribution is 6.11. The van der Waals surface area contributed by atoms with Crippen LogP contribution in [0.1, 0.15) is 62.2 Å². The molecule has 7 heteroatoms. The number of rotatable bonds is 6. The minimum absolute atomic E-state index is 0.0171. The zero-order chi connectivity index (χ0) is 23.0. The highest BCUT2D eigenvalue weighted by Gasteiger charge is 2.57. The number of benzene rings is 1. The van der Waals surface area contributed by atoms with Crippen molar-refractivity contribution in [1.82, 2.24) is 14.8 Å². The van der Waals surface area contributed by atoms with Crippen molar-refractivity contribution in [2.75, 3.05) is 13.7 Å². The molecule has 3 amide bonds. The molecule has 5 rings (SSSR count). The summed E-state index contributed by atoms with van der Waals surface area (Å²) >= 11 is 0. The molecule has 2 aromatic rings. The van der Waals surface area contributed by atoms with E-state index < -0.39 is 5.41 Å². The van der Waals surface area contributed by atoms with Gasteiger partial charge >= 0.3 is 0 Å². The Morgan fingerprint density at radius 1 is 1.09 bits per heavy atom. The molecule has 1 aromatic carbocycles. The van der Waals surface area contributed by atoms with Crippen molar-refractivity contribution >= 4 is 17.7 Å². The van der Waals surface area contributed by atoms with Crippen molar-refractivity contribution < 1.29 is 19.1 Å². The molecule has 2 aliphatic heterocycles. The van der Waals surface area contributed by atoms with Gasteiger partial charge in [0.1, 0.15) is 5.75 Å². The number of hydrogen-bond acceptors (Lipinski definition) is 5. The van der Waals surface area contributed by atoms with E-state index in [0.29, 0.717) is 17.9 Å². The molecule has 7 nitrogen and oxygen atoms in total. The van der Waals surface area contributed by atoms with E-state index in [9.17, 15) is 14.4 Å². The number of methoxy groups -OCH3 is 1. The highest BCUT2D eigenvalue weighted by Crippen LogP contribution is 2.45. The molecule has 2 saturated heterocycles. The molecule has 172 valence electrons. The third-order valence-electron chi connectivity index (χ3n) is 7.21. The van der Waals surface area contributed by atoms with Gasteiger partial charge in [0.15, 0.2) is 0 Å². The van der Waals surface area contributed by atoms with Crippen LogP contribution in [-0.4, -0.2) is 52.2 Å². The largest absolute Gasteiger partial charge is 0.497 e. The lowest BCUT2D eigenvalue weighted by Crippen LogP contribution is -2.46. The van der Waals surface area contributed by atoms with Crippen molar-refractivity contribution in [1.29, 1.82) is 0 Å². The van der Waals surface area contributed by atoms with E-state index in [-0.39, 0.29) is 42.6 Å². The van der Waals surface area contributed by atoms with Crippen LogP contribution in [0.2, 0.25) is 0 Å². The summed E-state index contributed by atoms with van der Waals surface area (Å²) in [5.74, 6) is 0.160. The molecule has 3 fully saturated rings. The molecule has 2 atom stereocenters. The second-order valence-corrected chi connectivity index (χ2v) is 9.32. The van der Waals surface area contributed by atoms with Crippen LogP contribution in [-0.2, 0) is 19.8 Å². The topological polar surface area (TPSA) is 79.8 Å². The summed E-state index contributed by atoms with van der Waals surface area (Å²) in [6.07, 6.45) is 6.25. The van der Waals surface area contributed by atoms with E-state index in [1.165, 1.54) is 4.90 Å². The molecular weight excluding hydrogens is 418 g/mol. The van der Waals surface area contributed by atoms with Gasteiger partial charge in [-0.1, -0.05) is 18.2 Å². The van der Waals surface area contributed by atoms with Crippen LogP contribution in [0, 0.1) is 0 Å². The number of carbonyl (C=O) groups is 3. The molecular formula is C26H29N3O4. The van der Waals surface area contributed by atoms with Crippen molar-refractivity contribution in [3.63, 3.8) is 0 Å². The Hall–Kier alpha value is -3.22. The van der Waals surface area contributed by atoms with Crippen molar-refractivity contribution in [2.24, 2.45) is 0 Å². The number of nitrogens with zero attached hydrogens (tertiary/aromatic N) is 3. The summed E-state index contributed by atoms with van der Waals surface area (Å²) in [6.45, 7) is 0.632. The van der Waals surface area contributed by atoms with Gasteiger partial charge < -0.3 is 9.64 Å². The molecule has 0 spiro atoms. The van der Waals surface area contributed by atoms with Crippen molar-refractivity contribution in [3.05, 3.63) is 59.9 Å². The van der Waals surface area contributed by atoms with Crippen LogP contribution in [0.4, 0.5) is 0 Å². The molecule has 3 heterocycles. The van der Waals surface area contributed by atoms with Gasteiger partial charge in [0.05, 0.1) is 24.3 Å². The summed E-state index contributed by atoms with van der Waals surface area (Å²) in [4.78, 5) is 48.3. The first kappa shape index (κ1) is 21.6. The van der Waals surface area contributed by atoms with Gasteiger partial charge in [-0.2, -0.15) is 0 Å². The van der Waals surface area contributed by atoms with Crippen LogP contribution < -0.4 is 4.74 Å². The van der Waals surface area contributed by atoms with Gasteiger partial charge in [-0.15, -0.1) is 0 Å². The SMILES string of the molecule is COc1ccc([C@]2(CC(=O)N3CCCC[C@H]3c3ccccn3)CC(=O)N(C3CC3)C2=O)cc1. The summed E-state index contributed by atoms with van der Waals surface area (Å²) in [6, 6.07) is 12.9. The molecule has 1 aliphatic carbocycles. The summed E-state index contributed by atoms with van der Waals surface area (Å²) in [7, 11) is 1.58. The number of pyridine rings is 1. The predicted molar refractivity (Wildman–Crippen MR) is 121 cm³/mol. The summed E-state index contributed by atoms with van der Waals surface area (Å²) in [5.41, 5.74) is 0.400. The zero-order valence-corrected chi connectivity index (χ0v) is 18.9. The van der Waals surface area contributed by atoms with E-state index in [1.807, 2.05) is 35.2 Å². The molecule has 1 aromatic heterocycles. The maximum absolute atomic E-state index is 13.8. The Balaban J connectivity index is 1.48. The van der Waals surface area contributed by atoms with Gasteiger partial charge in [-0.3, -0.25) is 24.3 Å². The quantitative estimate of drug-likeness (QED) is 0.634. The lowest BCUT2D eigenvalue weighted by molar-refractivity contribution is -0.144. The Kier molecular flexibility index (Phi) is 5.64. The third kappa shape index (κ3) is 3.90. The number of carbonyl (C=O) groups excluding carboxylic acids is 3. The minimum atomic E-state index is -1.17. The van der Waals surface area contributed by atoms with Crippen LogP contribution in [0.3, 0.4) is 0 Å². The predicted octanol–water partition coefficient (Wildman–Crippen LogP) is 3.39. The van der Waals surface area contributed by atoms with E-state index in [0.717, 1.165) is 37.8 Å². The van der Waals surface area contributed by atoms with E-state index in [1.54, 1.807) is 25.4 Å². The Labute approximate surface area is 193 Å². The van der Waals surface area contributed by atoms with Gasteiger partial charge in [-0.05, 0) is 61.9 Å². The average molecular weight is 448 g/mol. The number of ether oxygens (including phenoxy) is 1. The van der Waals surface area contributed by atoms with Crippen LogP contribution in [0.25, 0.3) is 0 Å². The molecule has 1 saturated carbocycles. The Morgan fingerprint density at radius 2 is 1.88 bits per heavy atom. The van der Waals surface area contributed by atoms with Crippen LogP contribution >= 0.6 is 0 Å². The first-order valence-corrected chi connectivity index (χ1v) is 11.7. The fourth-order valence-corrected chi connectivity index (χ4v) is 5.31. The maximum Gasteiger partial charge on any atom is 0.241 e. The molecule has 33 heavy (non-hydrogen) atoms. The summed E-state index contributed by atoms with van der Waals surface area (Å²) < 4.78 is 5.28. The monoisotopic (exact) mass is 447 g/mol. The van der Waals surface area contributed by atoms with Crippen LogP contribution in [0.15, 0.2) is 48.7 Å². The second kappa shape index (κ2) is 8.61. The highest BCUT2D eigenvalue weighted by atomic mass is 16.5. The first-order valence-electron chi connectivity index (χ1n) is 11.7. The zero-order valence-electron chi connectivity index (χ0n) is 18.9. The summed E-state index contributed by atoms with van der Waals surface area (Å²) in [5, 5.41) is 0. The van der Waals surface area contributed by atoms with E-state index >= 15 is 0 Å². The fraction of sp³-hybridized carbons (Fsp3) is 0.462. The standard InChI is InChI=1S/C26H29N3O4/c1-33-20-12-8-18(9-13-20)26(17-24(31)29(25(26)32)19-10-11-19)16-23(30)28-15-5-3-7-22(28)21-6-2-4-14-27-21/h2,4,6,8-9,12-14,19,22H,3,5,7,10-11,15-17H2,1H3/t22-,26-/m0/s1. The van der Waals surface area contributed by atoms with Crippen molar-refractivity contribution in [3.8, 4) is 5.75 Å². The Morgan fingerprint density at radius 3 is 2.55 bits per heavy atom. The number of amides is 3. The Bertz CT molecular complexity index is 1050.